The highest BCUT2D eigenvalue weighted by atomic mass is 16.5. The van der Waals surface area contributed by atoms with Gasteiger partial charge in [-0.15, -0.1) is 0 Å². The molecular weight excluding hydrogens is 246 g/mol. The Morgan fingerprint density at radius 1 is 1.26 bits per heavy atom. The number of esters is 1. The Hall–Kier alpha value is -2.04. The molecule has 0 aliphatic heterocycles. The zero-order valence-corrected chi connectivity index (χ0v) is 11.5. The molecule has 0 saturated carbocycles. The number of ether oxygens (including phenoxy) is 2. The lowest BCUT2D eigenvalue weighted by Crippen LogP contribution is -2.33. The topological polar surface area (TPSA) is 64.6 Å². The Morgan fingerprint density at radius 3 is 2.58 bits per heavy atom. The number of carbonyl (C=O) groups is 2. The number of amides is 1. The van der Waals surface area contributed by atoms with Gasteiger partial charge in [0.05, 0.1) is 14.2 Å². The summed E-state index contributed by atoms with van der Waals surface area (Å²) in [5.41, 5.74) is 2.21. The molecule has 0 aliphatic rings. The van der Waals surface area contributed by atoms with Crippen LogP contribution in [0.25, 0.3) is 0 Å². The van der Waals surface area contributed by atoms with Crippen LogP contribution in [-0.4, -0.2) is 32.6 Å². The average Bonchev–Trinajstić information content (AvgIpc) is 2.45. The zero-order valence-electron chi connectivity index (χ0n) is 11.5. The van der Waals surface area contributed by atoms with Crippen molar-refractivity contribution in [1.29, 1.82) is 0 Å². The largest absolute Gasteiger partial charge is 0.496 e. The van der Waals surface area contributed by atoms with Gasteiger partial charge in [0, 0.05) is 6.54 Å². The first kappa shape index (κ1) is 15.0. The van der Waals surface area contributed by atoms with E-state index < -0.39 is 11.9 Å². The summed E-state index contributed by atoms with van der Waals surface area (Å²) in [4.78, 5) is 22.1. The van der Waals surface area contributed by atoms with Crippen LogP contribution in [0.5, 0.6) is 5.75 Å². The third-order valence-corrected chi connectivity index (χ3v) is 2.80. The highest BCUT2D eigenvalue weighted by Gasteiger charge is 2.12. The van der Waals surface area contributed by atoms with Crippen molar-refractivity contribution in [2.45, 2.75) is 19.8 Å². The van der Waals surface area contributed by atoms with Crippen LogP contribution >= 0.6 is 0 Å². The monoisotopic (exact) mass is 265 g/mol. The van der Waals surface area contributed by atoms with Gasteiger partial charge in [-0.05, 0) is 30.0 Å². The Balaban J connectivity index is 2.61. The second kappa shape index (κ2) is 7.41. The second-order valence-electron chi connectivity index (χ2n) is 4.00. The molecule has 5 heteroatoms. The lowest BCUT2D eigenvalue weighted by atomic mass is 10.1. The Morgan fingerprint density at radius 2 is 2.00 bits per heavy atom. The van der Waals surface area contributed by atoms with Crippen LogP contribution in [0.3, 0.4) is 0 Å². The molecule has 0 unspecified atom stereocenters. The maximum atomic E-state index is 11.2. The van der Waals surface area contributed by atoms with Crippen LogP contribution in [0.1, 0.15) is 18.1 Å². The SMILES string of the molecule is CCc1ccc(OC)c(CCNC(=O)C(=O)OC)c1. The average molecular weight is 265 g/mol. The number of methoxy groups -OCH3 is 2. The van der Waals surface area contributed by atoms with Gasteiger partial charge in [-0.3, -0.25) is 4.79 Å². The maximum absolute atomic E-state index is 11.2. The van der Waals surface area contributed by atoms with Gasteiger partial charge in [-0.2, -0.15) is 0 Å². The molecule has 0 heterocycles. The Bertz CT molecular complexity index is 457. The van der Waals surface area contributed by atoms with Crippen LogP contribution < -0.4 is 10.1 Å². The normalized spacial score (nSPS) is 9.84. The smallest absolute Gasteiger partial charge is 0.396 e. The van der Waals surface area contributed by atoms with Gasteiger partial charge in [-0.1, -0.05) is 19.1 Å². The molecule has 1 rings (SSSR count). The standard InChI is InChI=1S/C14H19NO4/c1-4-10-5-6-12(18-2)11(9-10)7-8-15-13(16)14(17)19-3/h5-6,9H,4,7-8H2,1-3H3,(H,15,16). The summed E-state index contributed by atoms with van der Waals surface area (Å²) in [7, 11) is 2.78. The minimum Gasteiger partial charge on any atom is -0.496 e. The number of carbonyl (C=O) groups excluding carboxylic acids is 2. The molecule has 0 bridgehead atoms. The van der Waals surface area contributed by atoms with Gasteiger partial charge < -0.3 is 14.8 Å². The highest BCUT2D eigenvalue weighted by molar-refractivity contribution is 6.32. The summed E-state index contributed by atoms with van der Waals surface area (Å²) in [6, 6.07) is 5.97. The number of aryl methyl sites for hydroxylation is 1. The van der Waals surface area contributed by atoms with E-state index in [0.29, 0.717) is 13.0 Å². The second-order valence-corrected chi connectivity index (χ2v) is 4.00. The molecular formula is C14H19NO4. The fraction of sp³-hybridized carbons (Fsp3) is 0.429. The van der Waals surface area contributed by atoms with E-state index in [9.17, 15) is 9.59 Å². The van der Waals surface area contributed by atoms with Gasteiger partial charge in [0.1, 0.15) is 5.75 Å². The molecule has 0 aromatic heterocycles. The molecule has 1 aromatic carbocycles. The van der Waals surface area contributed by atoms with Crippen LogP contribution in [0.15, 0.2) is 18.2 Å². The molecule has 0 fully saturated rings. The fourth-order valence-electron chi connectivity index (χ4n) is 1.72. The van der Waals surface area contributed by atoms with Crippen molar-refractivity contribution in [3.05, 3.63) is 29.3 Å². The first-order chi connectivity index (χ1) is 9.12. The summed E-state index contributed by atoms with van der Waals surface area (Å²) in [6.07, 6.45) is 1.53. The minimum atomic E-state index is -0.880. The quantitative estimate of drug-likeness (QED) is 0.639. The van der Waals surface area contributed by atoms with Crippen molar-refractivity contribution in [3.63, 3.8) is 0 Å². The molecule has 0 radical (unpaired) electrons. The van der Waals surface area contributed by atoms with Gasteiger partial charge >= 0.3 is 11.9 Å². The zero-order chi connectivity index (χ0) is 14.3. The number of hydrogen-bond donors (Lipinski definition) is 1. The third-order valence-electron chi connectivity index (χ3n) is 2.80. The van der Waals surface area contributed by atoms with Crippen molar-refractivity contribution in [2.24, 2.45) is 0 Å². The van der Waals surface area contributed by atoms with Gasteiger partial charge in [-0.25, -0.2) is 4.79 Å². The first-order valence-electron chi connectivity index (χ1n) is 6.14. The van der Waals surface area contributed by atoms with Gasteiger partial charge in [0.2, 0.25) is 0 Å². The number of nitrogens with one attached hydrogen (secondary N) is 1. The molecule has 0 aliphatic carbocycles. The van der Waals surface area contributed by atoms with Crippen LogP contribution in [0.4, 0.5) is 0 Å². The first-order valence-corrected chi connectivity index (χ1v) is 6.14. The molecule has 1 amide bonds. The molecule has 1 aromatic rings. The predicted octanol–water partition coefficient (Wildman–Crippen LogP) is 1.09. The van der Waals surface area contributed by atoms with E-state index in [1.807, 2.05) is 18.2 Å². The van der Waals surface area contributed by atoms with Crippen LogP contribution in [0.2, 0.25) is 0 Å². The van der Waals surface area contributed by atoms with Crippen molar-refractivity contribution < 1.29 is 19.1 Å². The summed E-state index contributed by atoms with van der Waals surface area (Å²) in [5, 5.41) is 2.50. The van der Waals surface area contributed by atoms with E-state index in [1.54, 1.807) is 7.11 Å². The van der Waals surface area contributed by atoms with Crippen LogP contribution in [-0.2, 0) is 27.2 Å². The molecule has 0 saturated heterocycles. The summed E-state index contributed by atoms with van der Waals surface area (Å²) < 4.78 is 9.59. The number of hydrogen-bond acceptors (Lipinski definition) is 4. The molecule has 0 spiro atoms. The molecule has 0 atom stereocenters. The van der Waals surface area contributed by atoms with E-state index in [1.165, 1.54) is 12.7 Å². The van der Waals surface area contributed by atoms with Crippen LogP contribution in [0, 0.1) is 0 Å². The molecule has 5 nitrogen and oxygen atoms in total. The number of benzene rings is 1. The minimum absolute atomic E-state index is 0.359. The van der Waals surface area contributed by atoms with E-state index in [0.717, 1.165) is 17.7 Å². The third kappa shape index (κ3) is 4.28. The summed E-state index contributed by atoms with van der Waals surface area (Å²) >= 11 is 0. The highest BCUT2D eigenvalue weighted by Crippen LogP contribution is 2.20. The van der Waals surface area contributed by atoms with Crippen molar-refractivity contribution in [2.75, 3.05) is 20.8 Å². The van der Waals surface area contributed by atoms with Gasteiger partial charge in [0.15, 0.2) is 0 Å². The Kier molecular flexibility index (Phi) is 5.85. The summed E-state index contributed by atoms with van der Waals surface area (Å²) in [5.74, 6) is -0.827. The van der Waals surface area contributed by atoms with E-state index in [4.69, 9.17) is 4.74 Å². The lowest BCUT2D eigenvalue weighted by Gasteiger charge is -2.10. The number of rotatable bonds is 5. The molecule has 1 N–H and O–H groups in total. The van der Waals surface area contributed by atoms with E-state index in [2.05, 4.69) is 17.0 Å². The molecule has 104 valence electrons. The van der Waals surface area contributed by atoms with E-state index in [-0.39, 0.29) is 0 Å². The van der Waals surface area contributed by atoms with E-state index >= 15 is 0 Å². The fourth-order valence-corrected chi connectivity index (χ4v) is 1.72. The Labute approximate surface area is 112 Å². The maximum Gasteiger partial charge on any atom is 0.396 e. The molecule has 19 heavy (non-hydrogen) atoms. The van der Waals surface area contributed by atoms with Crippen molar-refractivity contribution in [1.82, 2.24) is 5.32 Å². The van der Waals surface area contributed by atoms with Crippen molar-refractivity contribution >= 4 is 11.9 Å². The lowest BCUT2D eigenvalue weighted by molar-refractivity contribution is -0.152. The van der Waals surface area contributed by atoms with Gasteiger partial charge in [0.25, 0.3) is 0 Å². The van der Waals surface area contributed by atoms with Crippen molar-refractivity contribution in [3.8, 4) is 5.75 Å². The predicted molar refractivity (Wildman–Crippen MR) is 71.1 cm³/mol. The summed E-state index contributed by atoms with van der Waals surface area (Å²) in [6.45, 7) is 2.43.